The molecule has 0 saturated carbocycles. The number of hydrogen-bond acceptors (Lipinski definition) is 2. The van der Waals surface area contributed by atoms with Crippen molar-refractivity contribution in [3.05, 3.63) is 70.8 Å². The molecule has 0 aromatic heterocycles. The summed E-state index contributed by atoms with van der Waals surface area (Å²) in [7, 11) is 0. The average molecular weight is 488 g/mol. The third-order valence-corrected chi connectivity index (χ3v) is 5.64. The van der Waals surface area contributed by atoms with Gasteiger partial charge in [-0.25, -0.2) is 4.79 Å². The summed E-state index contributed by atoms with van der Waals surface area (Å²) in [5.74, 6) is 3.67. The van der Waals surface area contributed by atoms with E-state index in [-0.39, 0.29) is 19.5 Å². The number of rotatable bonds is 11. The molecule has 0 spiro atoms. The number of nitrogens with zero attached hydrogens (tertiary/aromatic N) is 1. The highest BCUT2D eigenvalue weighted by atomic mass is 19.4. The summed E-state index contributed by atoms with van der Waals surface area (Å²) in [4.78, 5) is 24.6. The number of carboxylic acid groups (broad SMARTS) is 1. The molecule has 1 N–H and O–H groups in total. The van der Waals surface area contributed by atoms with Gasteiger partial charge in [0.05, 0.1) is 5.56 Å². The zero-order chi connectivity index (χ0) is 25.7. The van der Waals surface area contributed by atoms with Crippen LogP contribution in [0.1, 0.15) is 74.1 Å². The zero-order valence-corrected chi connectivity index (χ0v) is 20.0. The summed E-state index contributed by atoms with van der Waals surface area (Å²) >= 11 is 0. The zero-order valence-electron chi connectivity index (χ0n) is 20.0. The highest BCUT2D eigenvalue weighted by Crippen LogP contribution is 2.29. The molecule has 35 heavy (non-hydrogen) atoms. The van der Waals surface area contributed by atoms with Gasteiger partial charge in [0.2, 0.25) is 0 Å². The smallest absolute Gasteiger partial charge is 0.416 e. The van der Waals surface area contributed by atoms with E-state index in [2.05, 4.69) is 18.8 Å². The Morgan fingerprint density at radius 3 is 2.09 bits per heavy atom. The van der Waals surface area contributed by atoms with E-state index < -0.39 is 23.6 Å². The standard InChI is InChI=1S/C28H32F3NO3/c1-2-3-4-5-6-7-8-9-10-22-11-13-24(14-12-22)21-32(26(33)27(34)35)20-19-23-15-17-25(18-16-23)28(29,30)31/h11-18H,2-8,19-21H2,1H3,(H,34,35). The van der Waals surface area contributed by atoms with Gasteiger partial charge in [-0.3, -0.25) is 4.79 Å². The predicted octanol–water partition coefficient (Wildman–Crippen LogP) is 6.46. The third-order valence-electron chi connectivity index (χ3n) is 5.64. The molecule has 7 heteroatoms. The molecule has 188 valence electrons. The molecule has 2 rings (SSSR count). The Labute approximate surface area is 205 Å². The number of benzene rings is 2. The number of carboxylic acids is 1. The number of unbranched alkanes of at least 4 members (excludes halogenated alkanes) is 6. The molecule has 2 aromatic carbocycles. The van der Waals surface area contributed by atoms with Crippen LogP contribution in [0, 0.1) is 11.8 Å². The Morgan fingerprint density at radius 1 is 0.886 bits per heavy atom. The minimum Gasteiger partial charge on any atom is -0.474 e. The maximum Gasteiger partial charge on any atom is 0.416 e. The van der Waals surface area contributed by atoms with E-state index >= 15 is 0 Å². The van der Waals surface area contributed by atoms with Crippen LogP contribution < -0.4 is 0 Å². The van der Waals surface area contributed by atoms with Crippen LogP contribution in [0.2, 0.25) is 0 Å². The summed E-state index contributed by atoms with van der Waals surface area (Å²) in [5, 5.41) is 9.16. The van der Waals surface area contributed by atoms with Crippen molar-refractivity contribution in [1.82, 2.24) is 4.90 Å². The van der Waals surface area contributed by atoms with Crippen molar-refractivity contribution in [1.29, 1.82) is 0 Å². The van der Waals surface area contributed by atoms with E-state index in [9.17, 15) is 22.8 Å². The van der Waals surface area contributed by atoms with Crippen LogP contribution >= 0.6 is 0 Å². The van der Waals surface area contributed by atoms with Gasteiger partial charge in [0.25, 0.3) is 0 Å². The van der Waals surface area contributed by atoms with Crippen LogP contribution in [0.25, 0.3) is 0 Å². The van der Waals surface area contributed by atoms with Crippen molar-refractivity contribution in [2.24, 2.45) is 0 Å². The SMILES string of the molecule is CCCCCCCCC#Cc1ccc(CN(CCc2ccc(C(F)(F)F)cc2)C(=O)C(=O)O)cc1. The van der Waals surface area contributed by atoms with Crippen molar-refractivity contribution in [2.75, 3.05) is 6.54 Å². The van der Waals surface area contributed by atoms with E-state index in [1.165, 1.54) is 49.1 Å². The fraction of sp³-hybridized carbons (Fsp3) is 0.429. The lowest BCUT2D eigenvalue weighted by Gasteiger charge is -2.21. The van der Waals surface area contributed by atoms with Crippen molar-refractivity contribution < 1.29 is 27.9 Å². The van der Waals surface area contributed by atoms with Crippen LogP contribution in [0.5, 0.6) is 0 Å². The topological polar surface area (TPSA) is 57.6 Å². The minimum atomic E-state index is -4.42. The number of halogens is 3. The summed E-state index contributed by atoms with van der Waals surface area (Å²) in [5.41, 5.74) is 1.42. The van der Waals surface area contributed by atoms with Crippen LogP contribution in [0.15, 0.2) is 48.5 Å². The number of carbonyl (C=O) groups is 2. The van der Waals surface area contributed by atoms with Gasteiger partial charge in [-0.1, -0.05) is 75.1 Å². The number of alkyl halides is 3. The Hall–Kier alpha value is -3.27. The highest BCUT2D eigenvalue weighted by Gasteiger charge is 2.30. The molecule has 0 atom stereocenters. The van der Waals surface area contributed by atoms with Crippen molar-refractivity contribution >= 4 is 11.9 Å². The first-order valence-corrected chi connectivity index (χ1v) is 12.0. The third kappa shape index (κ3) is 10.3. The predicted molar refractivity (Wildman–Crippen MR) is 130 cm³/mol. The van der Waals surface area contributed by atoms with E-state index in [0.29, 0.717) is 5.56 Å². The molecule has 0 heterocycles. The summed E-state index contributed by atoms with van der Waals surface area (Å²) in [6, 6.07) is 11.9. The first kappa shape index (κ1) is 28.0. The first-order chi connectivity index (χ1) is 16.7. The lowest BCUT2D eigenvalue weighted by Crippen LogP contribution is -2.37. The molecule has 0 aliphatic rings. The highest BCUT2D eigenvalue weighted by molar-refractivity contribution is 6.31. The quantitative estimate of drug-likeness (QED) is 0.225. The normalized spacial score (nSPS) is 11.0. The molecule has 0 aliphatic heterocycles. The van der Waals surface area contributed by atoms with Crippen molar-refractivity contribution in [3.8, 4) is 11.8 Å². The monoisotopic (exact) mass is 487 g/mol. The van der Waals surface area contributed by atoms with Gasteiger partial charge in [-0.15, -0.1) is 0 Å². The second kappa shape index (κ2) is 14.2. The number of carbonyl (C=O) groups excluding carboxylic acids is 1. The van der Waals surface area contributed by atoms with Crippen molar-refractivity contribution in [3.63, 3.8) is 0 Å². The number of aliphatic carboxylic acids is 1. The van der Waals surface area contributed by atoms with Crippen LogP contribution in [0.4, 0.5) is 13.2 Å². The Balaban J connectivity index is 1.92. The van der Waals surface area contributed by atoms with Gasteiger partial charge < -0.3 is 10.0 Å². The molecular formula is C28H32F3NO3. The molecule has 0 radical (unpaired) electrons. The van der Waals surface area contributed by atoms with Gasteiger partial charge in [0.1, 0.15) is 0 Å². The van der Waals surface area contributed by atoms with E-state index in [1.807, 2.05) is 12.1 Å². The lowest BCUT2D eigenvalue weighted by molar-refractivity contribution is -0.156. The maximum atomic E-state index is 12.7. The molecule has 0 aliphatic carbocycles. The molecule has 0 fully saturated rings. The lowest BCUT2D eigenvalue weighted by atomic mass is 10.1. The molecule has 2 aromatic rings. The Morgan fingerprint density at radius 2 is 1.49 bits per heavy atom. The molecule has 1 amide bonds. The number of hydrogen-bond donors (Lipinski definition) is 1. The van der Waals surface area contributed by atoms with Crippen LogP contribution in [-0.2, 0) is 28.7 Å². The summed E-state index contributed by atoms with van der Waals surface area (Å²) in [6.45, 7) is 2.34. The van der Waals surface area contributed by atoms with Crippen LogP contribution in [-0.4, -0.2) is 28.4 Å². The van der Waals surface area contributed by atoms with Gasteiger partial charge in [-0.05, 0) is 48.2 Å². The first-order valence-electron chi connectivity index (χ1n) is 12.0. The molecule has 0 saturated heterocycles. The molecular weight excluding hydrogens is 455 g/mol. The molecule has 4 nitrogen and oxygen atoms in total. The molecule has 0 unspecified atom stereocenters. The van der Waals surface area contributed by atoms with Gasteiger partial charge >= 0.3 is 18.1 Å². The Kier molecular flexibility index (Phi) is 11.4. The summed E-state index contributed by atoms with van der Waals surface area (Å²) < 4.78 is 38.2. The van der Waals surface area contributed by atoms with E-state index in [0.717, 1.165) is 36.1 Å². The maximum absolute atomic E-state index is 12.7. The second-order valence-electron chi connectivity index (χ2n) is 8.49. The van der Waals surface area contributed by atoms with E-state index in [4.69, 9.17) is 5.11 Å². The summed E-state index contributed by atoms with van der Waals surface area (Å²) in [6.07, 6.45) is 3.96. The minimum absolute atomic E-state index is 0.0658. The molecule has 0 bridgehead atoms. The van der Waals surface area contributed by atoms with Crippen LogP contribution in [0.3, 0.4) is 0 Å². The average Bonchev–Trinajstić information content (AvgIpc) is 2.83. The fourth-order valence-corrected chi connectivity index (χ4v) is 3.58. The fourth-order valence-electron chi connectivity index (χ4n) is 3.58. The van der Waals surface area contributed by atoms with E-state index in [1.54, 1.807) is 12.1 Å². The largest absolute Gasteiger partial charge is 0.474 e. The Bertz CT molecular complexity index is 1000. The second-order valence-corrected chi connectivity index (χ2v) is 8.49. The number of amides is 1. The van der Waals surface area contributed by atoms with Crippen molar-refractivity contribution in [2.45, 2.75) is 71.0 Å². The van der Waals surface area contributed by atoms with Gasteiger partial charge in [-0.2, -0.15) is 13.2 Å². The van der Waals surface area contributed by atoms with Gasteiger partial charge in [0.15, 0.2) is 0 Å². The van der Waals surface area contributed by atoms with Gasteiger partial charge in [0, 0.05) is 25.1 Å².